The van der Waals surface area contributed by atoms with Crippen LogP contribution in [0.1, 0.15) is 31.1 Å². The van der Waals surface area contributed by atoms with Gasteiger partial charge in [-0.25, -0.2) is 9.78 Å². The molecule has 4 rings (SSSR count). The molecule has 0 aliphatic rings. The van der Waals surface area contributed by atoms with Crippen LogP contribution in [0.15, 0.2) is 72.8 Å². The maximum absolute atomic E-state index is 13.3. The Hall–Kier alpha value is -3.18. The number of fused-ring (bicyclic) bond motifs is 2. The Balaban J connectivity index is 1.70. The fourth-order valence-electron chi connectivity index (χ4n) is 3.27. The average Bonchev–Trinajstić information content (AvgIpc) is 2.71. The van der Waals surface area contributed by atoms with E-state index < -0.39 is 14.3 Å². The summed E-state index contributed by atoms with van der Waals surface area (Å²) in [6.45, 7) is 11.0. The number of aromatic nitrogens is 1. The molecule has 0 atom stereocenters. The summed E-state index contributed by atoms with van der Waals surface area (Å²) in [6, 6.07) is 22.6. The van der Waals surface area contributed by atoms with Crippen molar-refractivity contribution < 1.29 is 14.0 Å². The highest BCUT2D eigenvalue weighted by Gasteiger charge is 2.39. The number of carbonyl (C=O) groups excluding carboxylic acids is 1. The summed E-state index contributed by atoms with van der Waals surface area (Å²) in [4.78, 5) is 18.0. The first-order chi connectivity index (χ1) is 14.7. The molecular formula is C26H27NO3Si. The number of benzene rings is 3. The minimum absolute atomic E-state index is 0.0779. The summed E-state index contributed by atoms with van der Waals surface area (Å²) in [5.74, 6) is 0.784. The number of pyridine rings is 1. The molecule has 0 aliphatic heterocycles. The highest BCUT2D eigenvalue weighted by Crippen LogP contribution is 2.38. The highest BCUT2D eigenvalue weighted by atomic mass is 28.4. The zero-order valence-corrected chi connectivity index (χ0v) is 19.6. The zero-order chi connectivity index (χ0) is 22.2. The molecule has 3 aromatic carbocycles. The third-order valence-electron chi connectivity index (χ3n) is 5.99. The maximum atomic E-state index is 13.3. The first kappa shape index (κ1) is 21.1. The van der Waals surface area contributed by atoms with Crippen LogP contribution in [0.2, 0.25) is 18.1 Å². The number of esters is 1. The Kier molecular flexibility index (Phi) is 5.31. The Morgan fingerprint density at radius 1 is 0.806 bits per heavy atom. The molecule has 0 saturated heterocycles. The van der Waals surface area contributed by atoms with Crippen LogP contribution in [0.5, 0.6) is 11.5 Å². The molecule has 1 heterocycles. The molecule has 0 bridgehead atoms. The van der Waals surface area contributed by atoms with E-state index in [0.29, 0.717) is 11.3 Å². The molecule has 0 saturated carbocycles. The molecule has 0 spiro atoms. The van der Waals surface area contributed by atoms with E-state index in [2.05, 4.69) is 38.8 Å². The summed E-state index contributed by atoms with van der Waals surface area (Å²) in [6.07, 6.45) is 0. The van der Waals surface area contributed by atoms with Crippen LogP contribution < -0.4 is 9.16 Å². The van der Waals surface area contributed by atoms with Crippen molar-refractivity contribution in [3.63, 3.8) is 0 Å². The van der Waals surface area contributed by atoms with Crippen LogP contribution in [-0.2, 0) is 0 Å². The number of nitrogens with zero attached hydrogens (tertiary/aromatic N) is 1. The summed E-state index contributed by atoms with van der Waals surface area (Å²) < 4.78 is 12.2. The monoisotopic (exact) mass is 429 g/mol. The standard InChI is InChI=1S/C26H27NO3Si/c1-26(2,3)31(4,5)30-19-12-10-11-18(17-19)29-25(28)24-20-13-6-8-15-22(20)27-23-16-9-7-14-21(23)24/h6-17H,1-5H3. The van der Waals surface area contributed by atoms with Crippen molar-refractivity contribution in [1.29, 1.82) is 0 Å². The van der Waals surface area contributed by atoms with Crippen molar-refractivity contribution in [2.24, 2.45) is 0 Å². The van der Waals surface area contributed by atoms with E-state index in [4.69, 9.17) is 9.16 Å². The Labute approximate surface area is 184 Å². The van der Waals surface area contributed by atoms with E-state index in [-0.39, 0.29) is 5.04 Å². The second kappa shape index (κ2) is 7.82. The largest absolute Gasteiger partial charge is 0.543 e. The Morgan fingerprint density at radius 3 is 1.94 bits per heavy atom. The number of hydrogen-bond acceptors (Lipinski definition) is 4. The average molecular weight is 430 g/mol. The second-order valence-corrected chi connectivity index (χ2v) is 14.0. The van der Waals surface area contributed by atoms with Gasteiger partial charge in [0, 0.05) is 16.8 Å². The number of hydrogen-bond donors (Lipinski definition) is 0. The van der Waals surface area contributed by atoms with E-state index in [9.17, 15) is 4.79 Å². The number of rotatable bonds is 4. The minimum atomic E-state index is -1.99. The molecule has 4 aromatic rings. The van der Waals surface area contributed by atoms with Crippen molar-refractivity contribution in [2.45, 2.75) is 38.9 Å². The van der Waals surface area contributed by atoms with Crippen LogP contribution >= 0.6 is 0 Å². The predicted octanol–water partition coefficient (Wildman–Crippen LogP) is 6.99. The maximum Gasteiger partial charge on any atom is 0.344 e. The summed E-state index contributed by atoms with van der Waals surface area (Å²) in [5.41, 5.74) is 2.06. The van der Waals surface area contributed by atoms with Gasteiger partial charge in [0.15, 0.2) is 0 Å². The molecular weight excluding hydrogens is 402 g/mol. The molecule has 0 amide bonds. The Bertz CT molecular complexity index is 1220. The topological polar surface area (TPSA) is 48.4 Å². The van der Waals surface area contributed by atoms with Crippen LogP contribution in [0.3, 0.4) is 0 Å². The third-order valence-corrected chi connectivity index (χ3v) is 10.3. The van der Waals surface area contributed by atoms with Crippen LogP contribution in [0, 0.1) is 0 Å². The van der Waals surface area contributed by atoms with Crippen molar-refractivity contribution in [3.05, 3.63) is 78.4 Å². The van der Waals surface area contributed by atoms with E-state index in [1.807, 2.05) is 60.7 Å². The molecule has 0 fully saturated rings. The van der Waals surface area contributed by atoms with Gasteiger partial charge in [-0.1, -0.05) is 63.2 Å². The van der Waals surface area contributed by atoms with Crippen LogP contribution in [0.4, 0.5) is 0 Å². The second-order valence-electron chi connectivity index (χ2n) is 9.25. The Morgan fingerprint density at radius 2 is 1.35 bits per heavy atom. The summed E-state index contributed by atoms with van der Waals surface area (Å²) in [5, 5.41) is 1.63. The molecule has 158 valence electrons. The van der Waals surface area contributed by atoms with Gasteiger partial charge in [0.05, 0.1) is 16.6 Å². The molecule has 0 N–H and O–H groups in total. The fourth-order valence-corrected chi connectivity index (χ4v) is 4.29. The SMILES string of the molecule is CC(C)(C)[Si](C)(C)Oc1cccc(OC(=O)c2c3ccccc3nc3ccccc23)c1. The normalized spacial score (nSPS) is 12.2. The van der Waals surface area contributed by atoms with Gasteiger partial charge < -0.3 is 9.16 Å². The molecule has 0 aliphatic carbocycles. The lowest BCUT2D eigenvalue weighted by molar-refractivity contribution is 0.0738. The lowest BCUT2D eigenvalue weighted by Gasteiger charge is -2.36. The van der Waals surface area contributed by atoms with Gasteiger partial charge in [-0.3, -0.25) is 0 Å². The first-order valence-electron chi connectivity index (χ1n) is 10.4. The molecule has 1 aromatic heterocycles. The van der Waals surface area contributed by atoms with Gasteiger partial charge in [0.1, 0.15) is 11.5 Å². The van der Waals surface area contributed by atoms with Gasteiger partial charge in [-0.15, -0.1) is 0 Å². The lowest BCUT2D eigenvalue weighted by Crippen LogP contribution is -2.43. The van der Waals surface area contributed by atoms with E-state index >= 15 is 0 Å². The summed E-state index contributed by atoms with van der Waals surface area (Å²) >= 11 is 0. The zero-order valence-electron chi connectivity index (χ0n) is 18.6. The molecule has 5 heteroatoms. The van der Waals surface area contributed by atoms with Gasteiger partial charge in [-0.05, 0) is 42.4 Å². The lowest BCUT2D eigenvalue weighted by atomic mass is 10.0. The number of carbonyl (C=O) groups is 1. The van der Waals surface area contributed by atoms with Gasteiger partial charge >= 0.3 is 5.97 Å². The third kappa shape index (κ3) is 4.19. The van der Waals surface area contributed by atoms with E-state index in [0.717, 1.165) is 27.6 Å². The van der Waals surface area contributed by atoms with Crippen LogP contribution in [-0.4, -0.2) is 19.3 Å². The van der Waals surface area contributed by atoms with Crippen molar-refractivity contribution in [3.8, 4) is 11.5 Å². The molecule has 0 radical (unpaired) electrons. The number of para-hydroxylation sites is 2. The molecule has 0 unspecified atom stereocenters. The van der Waals surface area contributed by atoms with Crippen molar-refractivity contribution >= 4 is 36.1 Å². The van der Waals surface area contributed by atoms with E-state index in [1.165, 1.54) is 0 Å². The van der Waals surface area contributed by atoms with Crippen LogP contribution in [0.25, 0.3) is 21.8 Å². The smallest absolute Gasteiger partial charge is 0.344 e. The summed E-state index contributed by atoms with van der Waals surface area (Å²) in [7, 11) is -1.99. The fraction of sp³-hybridized carbons (Fsp3) is 0.231. The van der Waals surface area contributed by atoms with E-state index in [1.54, 1.807) is 12.1 Å². The predicted molar refractivity (Wildman–Crippen MR) is 128 cm³/mol. The van der Waals surface area contributed by atoms with Crippen molar-refractivity contribution in [2.75, 3.05) is 0 Å². The van der Waals surface area contributed by atoms with Gasteiger partial charge in [-0.2, -0.15) is 0 Å². The number of ether oxygens (including phenoxy) is 1. The van der Waals surface area contributed by atoms with Gasteiger partial charge in [0.25, 0.3) is 0 Å². The minimum Gasteiger partial charge on any atom is -0.543 e. The van der Waals surface area contributed by atoms with Gasteiger partial charge in [0.2, 0.25) is 8.32 Å². The molecule has 31 heavy (non-hydrogen) atoms. The first-order valence-corrected chi connectivity index (χ1v) is 13.4. The van der Waals surface area contributed by atoms with Crippen molar-refractivity contribution in [1.82, 2.24) is 4.98 Å². The highest BCUT2D eigenvalue weighted by molar-refractivity contribution is 6.74. The quantitative estimate of drug-likeness (QED) is 0.152. The molecule has 4 nitrogen and oxygen atoms in total.